The maximum Gasteiger partial charge on any atom is 0.255 e. The van der Waals surface area contributed by atoms with Crippen molar-refractivity contribution < 1.29 is 18.0 Å². The highest BCUT2D eigenvalue weighted by molar-refractivity contribution is 7.90. The summed E-state index contributed by atoms with van der Waals surface area (Å²) in [6, 6.07) is 6.43. The third kappa shape index (κ3) is 4.22. The fourth-order valence-corrected chi connectivity index (χ4v) is 4.99. The smallest absolute Gasteiger partial charge is 0.255 e. The first kappa shape index (κ1) is 20.8. The van der Waals surface area contributed by atoms with Gasteiger partial charge in [0.2, 0.25) is 5.91 Å². The zero-order chi connectivity index (χ0) is 20.5. The average molecular weight is 408 g/mol. The molecule has 8 heteroatoms. The lowest BCUT2D eigenvalue weighted by Crippen LogP contribution is -2.59. The number of hydrogen-bond donors (Lipinski definition) is 0. The summed E-state index contributed by atoms with van der Waals surface area (Å²) in [5, 5.41) is 0. The van der Waals surface area contributed by atoms with Crippen LogP contribution >= 0.6 is 0 Å². The fraction of sp³-hybridized carbons (Fsp3) is 0.600. The summed E-state index contributed by atoms with van der Waals surface area (Å²) >= 11 is 0. The first-order valence-electron chi connectivity index (χ1n) is 9.83. The molecule has 2 amide bonds. The first-order valence-corrected chi connectivity index (χ1v) is 11.7. The Kier molecular flexibility index (Phi) is 6.09. The van der Waals surface area contributed by atoms with Crippen molar-refractivity contribution in [1.82, 2.24) is 14.7 Å². The maximum atomic E-state index is 12.9. The van der Waals surface area contributed by atoms with Crippen LogP contribution in [0.5, 0.6) is 0 Å². The first-order chi connectivity index (χ1) is 13.2. The second kappa shape index (κ2) is 8.21. The molecule has 154 valence electrons. The quantitative estimate of drug-likeness (QED) is 0.751. The van der Waals surface area contributed by atoms with Crippen molar-refractivity contribution in [2.75, 3.05) is 39.0 Å². The molecular formula is C20H29N3O4S. The second-order valence-corrected chi connectivity index (χ2v) is 9.86. The number of hydrogen-bond acceptors (Lipinski definition) is 5. The molecule has 2 fully saturated rings. The molecule has 7 nitrogen and oxygen atoms in total. The van der Waals surface area contributed by atoms with E-state index in [0.717, 1.165) is 25.6 Å². The van der Waals surface area contributed by atoms with Crippen LogP contribution < -0.4 is 0 Å². The highest BCUT2D eigenvalue weighted by atomic mass is 32.2. The number of carbonyl (C=O) groups is 2. The zero-order valence-electron chi connectivity index (χ0n) is 16.8. The number of nitrogens with zero attached hydrogens (tertiary/aromatic N) is 3. The Morgan fingerprint density at radius 1 is 1.07 bits per heavy atom. The largest absolute Gasteiger partial charge is 0.339 e. The van der Waals surface area contributed by atoms with Gasteiger partial charge in [0.1, 0.15) is 0 Å². The predicted octanol–water partition coefficient (Wildman–Crippen LogP) is 1.25. The molecular weight excluding hydrogens is 378 g/mol. The van der Waals surface area contributed by atoms with Gasteiger partial charge >= 0.3 is 0 Å². The van der Waals surface area contributed by atoms with Crippen molar-refractivity contribution in [2.24, 2.45) is 0 Å². The van der Waals surface area contributed by atoms with E-state index in [1.54, 1.807) is 23.1 Å². The van der Waals surface area contributed by atoms with Crippen molar-refractivity contribution in [3.8, 4) is 0 Å². The Hall–Kier alpha value is -1.93. The molecule has 0 aromatic heterocycles. The van der Waals surface area contributed by atoms with E-state index in [-0.39, 0.29) is 34.4 Å². The summed E-state index contributed by atoms with van der Waals surface area (Å²) in [6.07, 6.45) is 2.97. The van der Waals surface area contributed by atoms with Crippen molar-refractivity contribution >= 4 is 21.7 Å². The molecule has 0 aliphatic carbocycles. The Balaban J connectivity index is 1.68. The molecule has 2 aliphatic heterocycles. The van der Waals surface area contributed by atoms with Gasteiger partial charge in [-0.1, -0.05) is 12.1 Å². The van der Waals surface area contributed by atoms with Gasteiger partial charge in [-0.05, 0) is 38.8 Å². The minimum Gasteiger partial charge on any atom is -0.339 e. The number of benzene rings is 1. The minimum absolute atomic E-state index is 0.0671. The molecule has 1 aromatic carbocycles. The highest BCUT2D eigenvalue weighted by Crippen LogP contribution is 2.22. The Morgan fingerprint density at radius 2 is 1.71 bits per heavy atom. The Labute approximate surface area is 167 Å². The van der Waals surface area contributed by atoms with Crippen LogP contribution in [0.3, 0.4) is 0 Å². The number of carbonyl (C=O) groups excluding carboxylic acids is 2. The van der Waals surface area contributed by atoms with E-state index in [0.29, 0.717) is 26.2 Å². The molecule has 1 unspecified atom stereocenters. The van der Waals surface area contributed by atoms with Crippen LogP contribution in [-0.2, 0) is 14.6 Å². The van der Waals surface area contributed by atoms with Crippen LogP contribution in [0.4, 0.5) is 0 Å². The maximum absolute atomic E-state index is 12.9. The van der Waals surface area contributed by atoms with E-state index in [1.807, 2.05) is 18.7 Å². The topological polar surface area (TPSA) is 78.0 Å². The number of piperidine rings is 1. The summed E-state index contributed by atoms with van der Waals surface area (Å²) in [5.74, 6) is -0.0806. The van der Waals surface area contributed by atoms with Gasteiger partial charge in [-0.3, -0.25) is 14.5 Å². The van der Waals surface area contributed by atoms with Gasteiger partial charge in [-0.25, -0.2) is 8.42 Å². The second-order valence-electron chi connectivity index (χ2n) is 7.88. The van der Waals surface area contributed by atoms with Gasteiger partial charge in [0, 0.05) is 45.0 Å². The molecule has 1 aromatic rings. The van der Waals surface area contributed by atoms with Crippen molar-refractivity contribution in [2.45, 2.75) is 43.7 Å². The molecule has 2 heterocycles. The van der Waals surface area contributed by atoms with Gasteiger partial charge in [0.05, 0.1) is 16.5 Å². The van der Waals surface area contributed by atoms with Crippen LogP contribution in [0.2, 0.25) is 0 Å². The van der Waals surface area contributed by atoms with E-state index < -0.39 is 9.84 Å². The number of likely N-dealkylation sites (tertiary alicyclic amines) is 1. The molecule has 1 atom stereocenters. The molecule has 0 radical (unpaired) electrons. The number of amides is 2. The van der Waals surface area contributed by atoms with Crippen LogP contribution in [-0.4, -0.2) is 86.0 Å². The van der Waals surface area contributed by atoms with Crippen LogP contribution in [0.15, 0.2) is 29.2 Å². The van der Waals surface area contributed by atoms with Crippen molar-refractivity contribution in [3.05, 3.63) is 29.8 Å². The minimum atomic E-state index is -3.47. The van der Waals surface area contributed by atoms with Gasteiger partial charge in [0.15, 0.2) is 9.84 Å². The van der Waals surface area contributed by atoms with E-state index in [4.69, 9.17) is 0 Å². The van der Waals surface area contributed by atoms with E-state index in [1.165, 1.54) is 6.07 Å². The summed E-state index contributed by atoms with van der Waals surface area (Å²) in [6.45, 7) is 7.11. The number of rotatable bonds is 4. The fourth-order valence-electron chi connectivity index (χ4n) is 4.11. The monoisotopic (exact) mass is 407 g/mol. The lowest BCUT2D eigenvalue weighted by atomic mass is 10.0. The zero-order valence-corrected chi connectivity index (χ0v) is 17.6. The lowest BCUT2D eigenvalue weighted by Gasteiger charge is -2.43. The SMILES string of the molecule is CC(C)N1CCCC(N2CCN(C(=O)c3ccccc3S(C)(=O)=O)CC2)C1=O. The molecule has 3 rings (SSSR count). The average Bonchev–Trinajstić information content (AvgIpc) is 2.67. The molecule has 0 N–H and O–H groups in total. The Bertz CT molecular complexity index is 845. The third-order valence-electron chi connectivity index (χ3n) is 5.63. The number of sulfone groups is 1. The van der Waals surface area contributed by atoms with Crippen LogP contribution in [0, 0.1) is 0 Å². The molecule has 0 saturated carbocycles. The molecule has 0 bridgehead atoms. The molecule has 2 saturated heterocycles. The van der Waals surface area contributed by atoms with Gasteiger partial charge in [0.25, 0.3) is 5.91 Å². The van der Waals surface area contributed by atoms with Crippen molar-refractivity contribution in [3.63, 3.8) is 0 Å². The molecule has 2 aliphatic rings. The van der Waals surface area contributed by atoms with Gasteiger partial charge in [-0.2, -0.15) is 0 Å². The Morgan fingerprint density at radius 3 is 2.32 bits per heavy atom. The predicted molar refractivity (Wildman–Crippen MR) is 107 cm³/mol. The summed E-state index contributed by atoms with van der Waals surface area (Å²) in [5.41, 5.74) is 0.221. The van der Waals surface area contributed by atoms with Crippen LogP contribution in [0.25, 0.3) is 0 Å². The normalized spacial score (nSPS) is 22.0. The van der Waals surface area contributed by atoms with E-state index >= 15 is 0 Å². The van der Waals surface area contributed by atoms with Crippen molar-refractivity contribution in [1.29, 1.82) is 0 Å². The lowest BCUT2D eigenvalue weighted by molar-refractivity contribution is -0.142. The number of piperazine rings is 1. The molecule has 28 heavy (non-hydrogen) atoms. The highest BCUT2D eigenvalue weighted by Gasteiger charge is 2.36. The van der Waals surface area contributed by atoms with Gasteiger partial charge < -0.3 is 9.80 Å². The van der Waals surface area contributed by atoms with Gasteiger partial charge in [-0.15, -0.1) is 0 Å². The summed E-state index contributed by atoms with van der Waals surface area (Å²) in [4.78, 5) is 31.6. The van der Waals surface area contributed by atoms with E-state index in [2.05, 4.69) is 4.90 Å². The summed E-state index contributed by atoms with van der Waals surface area (Å²) < 4.78 is 24.0. The molecule has 0 spiro atoms. The third-order valence-corrected chi connectivity index (χ3v) is 6.78. The standard InChI is InChI=1S/C20H29N3O4S/c1-15(2)23-10-6-8-17(20(23)25)21-11-13-22(14-12-21)19(24)16-7-4-5-9-18(16)28(3,26)27/h4-5,7,9,15,17H,6,8,10-14H2,1-3H3. The summed E-state index contributed by atoms with van der Waals surface area (Å²) in [7, 11) is -3.47. The van der Waals surface area contributed by atoms with E-state index in [9.17, 15) is 18.0 Å². The van der Waals surface area contributed by atoms with Crippen LogP contribution in [0.1, 0.15) is 37.0 Å².